The molecule has 0 bridgehead atoms. The Hall–Kier alpha value is -1.59. The lowest BCUT2D eigenvalue weighted by molar-refractivity contribution is -0.120. The summed E-state index contributed by atoms with van der Waals surface area (Å²) in [6.45, 7) is 7.64. The number of methoxy groups -OCH3 is 1. The summed E-state index contributed by atoms with van der Waals surface area (Å²) in [7, 11) is 1.65. The molecule has 5 heteroatoms. The van der Waals surface area contributed by atoms with Crippen molar-refractivity contribution in [1.29, 1.82) is 0 Å². The lowest BCUT2D eigenvalue weighted by Gasteiger charge is -2.31. The number of carbonyl (C=O) groups excluding carboxylic acids is 1. The third-order valence-electron chi connectivity index (χ3n) is 3.74. The Labute approximate surface area is 120 Å². The molecule has 1 aromatic rings. The standard InChI is InChI=1S/C15H23N3O2/c1-11-10-13(4-5-14(11)20-3)17-15(19)12(2)18-8-6-16-7-9-18/h4-5,10,12,16H,6-9H2,1-3H3,(H,17,19). The number of anilines is 1. The van der Waals surface area contributed by atoms with Gasteiger partial charge in [-0.1, -0.05) is 0 Å². The smallest absolute Gasteiger partial charge is 0.241 e. The van der Waals surface area contributed by atoms with Gasteiger partial charge in [-0.25, -0.2) is 0 Å². The minimum absolute atomic E-state index is 0.0384. The van der Waals surface area contributed by atoms with Gasteiger partial charge in [-0.3, -0.25) is 9.69 Å². The van der Waals surface area contributed by atoms with E-state index < -0.39 is 0 Å². The van der Waals surface area contributed by atoms with E-state index in [9.17, 15) is 4.79 Å². The van der Waals surface area contributed by atoms with E-state index in [4.69, 9.17) is 4.74 Å². The van der Waals surface area contributed by atoms with Crippen LogP contribution in [-0.2, 0) is 4.79 Å². The van der Waals surface area contributed by atoms with Crippen molar-refractivity contribution in [1.82, 2.24) is 10.2 Å². The first-order chi connectivity index (χ1) is 9.61. The number of nitrogens with zero attached hydrogens (tertiary/aromatic N) is 1. The summed E-state index contributed by atoms with van der Waals surface area (Å²) in [6.07, 6.45) is 0. The van der Waals surface area contributed by atoms with Gasteiger partial charge < -0.3 is 15.4 Å². The number of amides is 1. The Morgan fingerprint density at radius 2 is 2.10 bits per heavy atom. The zero-order chi connectivity index (χ0) is 14.5. The zero-order valence-corrected chi connectivity index (χ0v) is 12.4. The van der Waals surface area contributed by atoms with Crippen molar-refractivity contribution in [2.24, 2.45) is 0 Å². The lowest BCUT2D eigenvalue weighted by Crippen LogP contribution is -2.51. The minimum atomic E-state index is -0.112. The molecule has 0 spiro atoms. The van der Waals surface area contributed by atoms with Gasteiger partial charge in [0.2, 0.25) is 5.91 Å². The van der Waals surface area contributed by atoms with E-state index in [-0.39, 0.29) is 11.9 Å². The molecule has 1 aliphatic rings. The lowest BCUT2D eigenvalue weighted by atomic mass is 10.2. The minimum Gasteiger partial charge on any atom is -0.496 e. The predicted molar refractivity (Wildman–Crippen MR) is 80.3 cm³/mol. The maximum atomic E-state index is 12.3. The van der Waals surface area contributed by atoms with Crippen molar-refractivity contribution < 1.29 is 9.53 Å². The van der Waals surface area contributed by atoms with Crippen LogP contribution in [0.15, 0.2) is 18.2 Å². The van der Waals surface area contributed by atoms with Crippen molar-refractivity contribution in [3.63, 3.8) is 0 Å². The van der Waals surface area contributed by atoms with Crippen LogP contribution in [0, 0.1) is 6.92 Å². The number of piperazine rings is 1. The number of nitrogens with one attached hydrogen (secondary N) is 2. The molecule has 2 rings (SSSR count). The fraction of sp³-hybridized carbons (Fsp3) is 0.533. The highest BCUT2D eigenvalue weighted by Gasteiger charge is 2.22. The number of hydrogen-bond acceptors (Lipinski definition) is 4. The molecule has 1 amide bonds. The van der Waals surface area contributed by atoms with Crippen LogP contribution >= 0.6 is 0 Å². The molecule has 1 aliphatic heterocycles. The highest BCUT2D eigenvalue weighted by molar-refractivity contribution is 5.94. The van der Waals surface area contributed by atoms with Crippen LogP contribution in [0.25, 0.3) is 0 Å². The Kier molecular flexibility index (Phi) is 4.98. The summed E-state index contributed by atoms with van der Waals surface area (Å²) >= 11 is 0. The van der Waals surface area contributed by atoms with Crippen LogP contribution in [0.1, 0.15) is 12.5 Å². The quantitative estimate of drug-likeness (QED) is 0.869. The molecule has 0 aromatic heterocycles. The van der Waals surface area contributed by atoms with Gasteiger partial charge in [0.1, 0.15) is 5.75 Å². The molecule has 5 nitrogen and oxygen atoms in total. The second kappa shape index (κ2) is 6.72. The Bertz CT molecular complexity index is 470. The van der Waals surface area contributed by atoms with E-state index in [1.807, 2.05) is 32.0 Å². The molecule has 110 valence electrons. The molecule has 1 fully saturated rings. The highest BCUT2D eigenvalue weighted by atomic mass is 16.5. The molecule has 2 N–H and O–H groups in total. The third kappa shape index (κ3) is 3.49. The normalized spacial score (nSPS) is 17.6. The van der Waals surface area contributed by atoms with E-state index in [1.54, 1.807) is 7.11 Å². The van der Waals surface area contributed by atoms with Gasteiger partial charge in [0.25, 0.3) is 0 Å². The Balaban J connectivity index is 1.98. The second-order valence-electron chi connectivity index (χ2n) is 5.14. The summed E-state index contributed by atoms with van der Waals surface area (Å²) in [5.74, 6) is 0.870. The number of carbonyl (C=O) groups is 1. The van der Waals surface area contributed by atoms with Crippen LogP contribution in [0.5, 0.6) is 5.75 Å². The van der Waals surface area contributed by atoms with Crippen LogP contribution in [0.2, 0.25) is 0 Å². The van der Waals surface area contributed by atoms with Gasteiger partial charge in [-0.15, -0.1) is 0 Å². The molecule has 1 atom stereocenters. The van der Waals surface area contributed by atoms with Crippen LogP contribution < -0.4 is 15.4 Å². The molecule has 0 aliphatic carbocycles. The van der Waals surface area contributed by atoms with E-state index in [1.165, 1.54) is 0 Å². The number of hydrogen-bond donors (Lipinski definition) is 2. The average molecular weight is 277 g/mol. The largest absolute Gasteiger partial charge is 0.496 e. The summed E-state index contributed by atoms with van der Waals surface area (Å²) in [5, 5.41) is 6.27. The van der Waals surface area contributed by atoms with Crippen LogP contribution in [0.4, 0.5) is 5.69 Å². The zero-order valence-electron chi connectivity index (χ0n) is 12.4. The predicted octanol–water partition coefficient (Wildman–Crippen LogP) is 1.24. The van der Waals surface area contributed by atoms with E-state index in [0.29, 0.717) is 0 Å². The van der Waals surface area contributed by atoms with E-state index in [0.717, 1.165) is 43.2 Å². The molecule has 20 heavy (non-hydrogen) atoms. The summed E-state index contributed by atoms with van der Waals surface area (Å²) in [4.78, 5) is 14.5. The van der Waals surface area contributed by atoms with Gasteiger partial charge >= 0.3 is 0 Å². The summed E-state index contributed by atoms with van der Waals surface area (Å²) < 4.78 is 5.22. The molecule has 0 saturated carbocycles. The molecular formula is C15H23N3O2. The first-order valence-electron chi connectivity index (χ1n) is 7.02. The highest BCUT2D eigenvalue weighted by Crippen LogP contribution is 2.21. The molecular weight excluding hydrogens is 254 g/mol. The molecule has 1 aromatic carbocycles. The fourth-order valence-electron chi connectivity index (χ4n) is 2.44. The maximum absolute atomic E-state index is 12.3. The second-order valence-corrected chi connectivity index (χ2v) is 5.14. The summed E-state index contributed by atoms with van der Waals surface area (Å²) in [6, 6.07) is 5.56. The number of ether oxygens (including phenoxy) is 1. The monoisotopic (exact) mass is 277 g/mol. The summed E-state index contributed by atoms with van der Waals surface area (Å²) in [5.41, 5.74) is 1.83. The third-order valence-corrected chi connectivity index (χ3v) is 3.74. The van der Waals surface area contributed by atoms with Crippen molar-refractivity contribution in [2.45, 2.75) is 19.9 Å². The maximum Gasteiger partial charge on any atom is 0.241 e. The van der Waals surface area contributed by atoms with E-state index in [2.05, 4.69) is 15.5 Å². The topological polar surface area (TPSA) is 53.6 Å². The van der Waals surface area contributed by atoms with Gasteiger partial charge in [-0.05, 0) is 37.6 Å². The molecule has 1 heterocycles. The SMILES string of the molecule is COc1ccc(NC(=O)C(C)N2CCNCC2)cc1C. The fourth-order valence-corrected chi connectivity index (χ4v) is 2.44. The van der Waals surface area contributed by atoms with Gasteiger partial charge in [0.15, 0.2) is 0 Å². The number of aryl methyl sites for hydroxylation is 1. The number of rotatable bonds is 4. The molecule has 1 unspecified atom stereocenters. The average Bonchev–Trinajstić information content (AvgIpc) is 2.47. The van der Waals surface area contributed by atoms with Gasteiger partial charge in [0, 0.05) is 31.9 Å². The van der Waals surface area contributed by atoms with E-state index >= 15 is 0 Å². The Morgan fingerprint density at radius 1 is 1.40 bits per heavy atom. The van der Waals surface area contributed by atoms with Crippen LogP contribution in [0.3, 0.4) is 0 Å². The molecule has 1 saturated heterocycles. The van der Waals surface area contributed by atoms with Gasteiger partial charge in [-0.2, -0.15) is 0 Å². The van der Waals surface area contributed by atoms with Crippen LogP contribution in [-0.4, -0.2) is 50.1 Å². The molecule has 0 radical (unpaired) electrons. The first kappa shape index (κ1) is 14.8. The number of benzene rings is 1. The van der Waals surface area contributed by atoms with Crippen molar-refractivity contribution in [3.8, 4) is 5.75 Å². The first-order valence-corrected chi connectivity index (χ1v) is 7.02. The Morgan fingerprint density at radius 3 is 2.70 bits per heavy atom. The van der Waals surface area contributed by atoms with Crippen molar-refractivity contribution >= 4 is 11.6 Å². The van der Waals surface area contributed by atoms with Crippen molar-refractivity contribution in [3.05, 3.63) is 23.8 Å². The van der Waals surface area contributed by atoms with Gasteiger partial charge in [0.05, 0.1) is 13.2 Å². The van der Waals surface area contributed by atoms with Crippen molar-refractivity contribution in [2.75, 3.05) is 38.6 Å².